The van der Waals surface area contributed by atoms with Gasteiger partial charge in [-0.05, 0) is 24.6 Å². The average Bonchev–Trinajstić information content (AvgIpc) is 2.94. The minimum Gasteiger partial charge on any atom is -0.382 e. The number of likely N-dealkylation sites (N-methyl/N-ethyl adjacent to an activating group) is 1. The number of nitrogens with zero attached hydrogens (tertiary/aromatic N) is 3. The van der Waals surface area contributed by atoms with Gasteiger partial charge in [-0.25, -0.2) is 0 Å². The Morgan fingerprint density at radius 2 is 1.86 bits per heavy atom. The molecule has 3 rings (SSSR count). The number of H-pyrrole nitrogens is 1. The van der Waals surface area contributed by atoms with Crippen LogP contribution in [0.2, 0.25) is 0 Å². The molecule has 5 nitrogen and oxygen atoms in total. The maximum Gasteiger partial charge on any atom is 0.145 e. The standard InChI is InChI=1S/C16H23N5/c1-20-8-10-21(11-9-20)7-6-13-2-4-14(5-3-13)15-12-16(17)19-18-15/h2-5,12H,6-11H2,1H3,(H3,17,18,19). The molecule has 1 fully saturated rings. The highest BCUT2D eigenvalue weighted by Gasteiger charge is 2.13. The number of aromatic nitrogens is 2. The molecule has 0 radical (unpaired) electrons. The van der Waals surface area contributed by atoms with Crippen molar-refractivity contribution in [3.05, 3.63) is 35.9 Å². The van der Waals surface area contributed by atoms with Gasteiger partial charge in [-0.3, -0.25) is 5.10 Å². The lowest BCUT2D eigenvalue weighted by Crippen LogP contribution is -2.45. The molecule has 2 heterocycles. The summed E-state index contributed by atoms with van der Waals surface area (Å²) in [5.74, 6) is 0.532. The monoisotopic (exact) mass is 285 g/mol. The summed E-state index contributed by atoms with van der Waals surface area (Å²) in [6, 6.07) is 10.5. The van der Waals surface area contributed by atoms with Crippen LogP contribution in [0.4, 0.5) is 5.82 Å². The van der Waals surface area contributed by atoms with Gasteiger partial charge in [0.15, 0.2) is 0 Å². The first-order chi connectivity index (χ1) is 10.2. The Morgan fingerprint density at radius 3 is 2.48 bits per heavy atom. The fraction of sp³-hybridized carbons (Fsp3) is 0.438. The molecule has 0 aliphatic carbocycles. The normalized spacial score (nSPS) is 17.2. The summed E-state index contributed by atoms with van der Waals surface area (Å²) < 4.78 is 0. The maximum absolute atomic E-state index is 5.63. The van der Waals surface area contributed by atoms with Crippen LogP contribution >= 0.6 is 0 Å². The van der Waals surface area contributed by atoms with Crippen LogP contribution in [-0.4, -0.2) is 59.8 Å². The number of nitrogens with two attached hydrogens (primary N) is 1. The Bertz CT molecular complexity index is 567. The van der Waals surface area contributed by atoms with Crippen molar-refractivity contribution in [3.8, 4) is 11.3 Å². The molecule has 0 bridgehead atoms. The summed E-state index contributed by atoms with van der Waals surface area (Å²) in [5, 5.41) is 6.90. The smallest absolute Gasteiger partial charge is 0.145 e. The van der Waals surface area contributed by atoms with Crippen LogP contribution in [-0.2, 0) is 6.42 Å². The fourth-order valence-corrected chi connectivity index (χ4v) is 2.69. The van der Waals surface area contributed by atoms with Crippen LogP contribution < -0.4 is 5.73 Å². The van der Waals surface area contributed by atoms with Crippen LogP contribution in [0.15, 0.2) is 30.3 Å². The number of rotatable bonds is 4. The van der Waals surface area contributed by atoms with Crippen molar-refractivity contribution in [1.82, 2.24) is 20.0 Å². The van der Waals surface area contributed by atoms with Gasteiger partial charge in [-0.1, -0.05) is 24.3 Å². The summed E-state index contributed by atoms with van der Waals surface area (Å²) in [4.78, 5) is 4.94. The van der Waals surface area contributed by atoms with Gasteiger partial charge in [0.25, 0.3) is 0 Å². The molecule has 1 aromatic heterocycles. The Hall–Kier alpha value is -1.85. The second-order valence-corrected chi connectivity index (χ2v) is 5.80. The molecule has 1 aliphatic rings. The van der Waals surface area contributed by atoms with Crippen molar-refractivity contribution < 1.29 is 0 Å². The predicted octanol–water partition coefficient (Wildman–Crippen LogP) is 1.45. The van der Waals surface area contributed by atoms with Gasteiger partial charge in [0.2, 0.25) is 0 Å². The zero-order valence-corrected chi connectivity index (χ0v) is 12.5. The van der Waals surface area contributed by atoms with Gasteiger partial charge in [0.05, 0.1) is 5.69 Å². The highest BCUT2D eigenvalue weighted by molar-refractivity contribution is 5.62. The fourth-order valence-electron chi connectivity index (χ4n) is 2.69. The number of aromatic amines is 1. The molecule has 0 spiro atoms. The molecule has 0 saturated carbocycles. The van der Waals surface area contributed by atoms with Crippen molar-refractivity contribution >= 4 is 5.82 Å². The minimum atomic E-state index is 0.532. The molecule has 1 saturated heterocycles. The van der Waals surface area contributed by atoms with Gasteiger partial charge >= 0.3 is 0 Å². The van der Waals surface area contributed by atoms with E-state index in [4.69, 9.17) is 5.73 Å². The number of piperazine rings is 1. The number of hydrogen-bond acceptors (Lipinski definition) is 4. The van der Waals surface area contributed by atoms with Crippen LogP contribution in [0.1, 0.15) is 5.56 Å². The first-order valence-electron chi connectivity index (χ1n) is 7.52. The van der Waals surface area contributed by atoms with E-state index < -0.39 is 0 Å². The molecule has 112 valence electrons. The molecule has 1 aliphatic heterocycles. The SMILES string of the molecule is CN1CCN(CCc2ccc(-c3cc(N)n[nH]3)cc2)CC1. The van der Waals surface area contributed by atoms with Crippen molar-refractivity contribution in [2.45, 2.75) is 6.42 Å². The summed E-state index contributed by atoms with van der Waals surface area (Å²) in [5.41, 5.74) is 9.11. The highest BCUT2D eigenvalue weighted by Crippen LogP contribution is 2.19. The second-order valence-electron chi connectivity index (χ2n) is 5.80. The van der Waals surface area contributed by atoms with Gasteiger partial charge < -0.3 is 15.5 Å². The third kappa shape index (κ3) is 3.62. The molecule has 0 amide bonds. The number of hydrogen-bond donors (Lipinski definition) is 2. The lowest BCUT2D eigenvalue weighted by atomic mass is 10.1. The zero-order valence-electron chi connectivity index (χ0n) is 12.5. The quantitative estimate of drug-likeness (QED) is 0.892. The van der Waals surface area contributed by atoms with Crippen LogP contribution in [0.25, 0.3) is 11.3 Å². The third-order valence-corrected chi connectivity index (χ3v) is 4.18. The summed E-state index contributed by atoms with van der Waals surface area (Å²) >= 11 is 0. The maximum atomic E-state index is 5.63. The van der Waals surface area contributed by atoms with Crippen molar-refractivity contribution in [2.24, 2.45) is 0 Å². The van der Waals surface area contributed by atoms with Gasteiger partial charge in [0.1, 0.15) is 5.82 Å². The molecule has 3 N–H and O–H groups in total. The topological polar surface area (TPSA) is 61.2 Å². The van der Waals surface area contributed by atoms with Gasteiger partial charge in [-0.2, -0.15) is 5.10 Å². The third-order valence-electron chi connectivity index (χ3n) is 4.18. The Labute approximate surface area is 125 Å². The molecule has 2 aromatic rings. The van der Waals surface area contributed by atoms with Crippen LogP contribution in [0.3, 0.4) is 0 Å². The largest absolute Gasteiger partial charge is 0.382 e. The second kappa shape index (κ2) is 6.28. The number of anilines is 1. The first-order valence-corrected chi connectivity index (χ1v) is 7.52. The summed E-state index contributed by atoms with van der Waals surface area (Å²) in [6.45, 7) is 5.87. The molecule has 1 aromatic carbocycles. The molecular formula is C16H23N5. The summed E-state index contributed by atoms with van der Waals surface area (Å²) in [7, 11) is 2.19. The van der Waals surface area contributed by atoms with E-state index in [1.807, 2.05) is 6.07 Å². The van der Waals surface area contributed by atoms with E-state index in [-0.39, 0.29) is 0 Å². The lowest BCUT2D eigenvalue weighted by molar-refractivity contribution is 0.155. The number of nitrogen functional groups attached to an aromatic ring is 1. The lowest BCUT2D eigenvalue weighted by Gasteiger charge is -2.32. The van der Waals surface area contributed by atoms with Crippen molar-refractivity contribution in [3.63, 3.8) is 0 Å². The van der Waals surface area contributed by atoms with Crippen LogP contribution in [0.5, 0.6) is 0 Å². The van der Waals surface area contributed by atoms with Crippen LogP contribution in [0, 0.1) is 0 Å². The summed E-state index contributed by atoms with van der Waals surface area (Å²) in [6.07, 6.45) is 1.11. The average molecular weight is 285 g/mol. The predicted molar refractivity (Wildman–Crippen MR) is 86.1 cm³/mol. The minimum absolute atomic E-state index is 0.532. The van der Waals surface area contributed by atoms with Gasteiger partial charge in [0, 0.05) is 38.8 Å². The van der Waals surface area contributed by atoms with E-state index in [2.05, 4.69) is 51.3 Å². The van der Waals surface area contributed by atoms with E-state index in [9.17, 15) is 0 Å². The van der Waals surface area contributed by atoms with E-state index in [0.29, 0.717) is 5.82 Å². The molecule has 5 heteroatoms. The van der Waals surface area contributed by atoms with E-state index in [1.54, 1.807) is 0 Å². The van der Waals surface area contributed by atoms with Crippen molar-refractivity contribution in [2.75, 3.05) is 45.5 Å². The van der Waals surface area contributed by atoms with E-state index >= 15 is 0 Å². The van der Waals surface area contributed by atoms with E-state index in [0.717, 1.165) is 24.2 Å². The first kappa shape index (κ1) is 14.1. The molecular weight excluding hydrogens is 262 g/mol. The Kier molecular flexibility index (Phi) is 4.22. The number of nitrogens with one attached hydrogen (secondary N) is 1. The highest BCUT2D eigenvalue weighted by atomic mass is 15.2. The molecule has 0 unspecified atom stereocenters. The number of benzene rings is 1. The Balaban J connectivity index is 1.55. The van der Waals surface area contributed by atoms with Gasteiger partial charge in [-0.15, -0.1) is 0 Å². The molecule has 21 heavy (non-hydrogen) atoms. The zero-order chi connectivity index (χ0) is 14.7. The van der Waals surface area contributed by atoms with Crippen molar-refractivity contribution in [1.29, 1.82) is 0 Å². The molecule has 0 atom stereocenters. The van der Waals surface area contributed by atoms with E-state index in [1.165, 1.54) is 31.7 Å². The Morgan fingerprint density at radius 1 is 1.14 bits per heavy atom.